The molecule has 0 fully saturated rings. The Morgan fingerprint density at radius 2 is 1.59 bits per heavy atom. The van der Waals surface area contributed by atoms with Crippen molar-refractivity contribution in [3.63, 3.8) is 0 Å². The normalized spacial score (nSPS) is 11.8. The second kappa shape index (κ2) is 9.45. The number of nitrogens with two attached hydrogens (primary N) is 1. The van der Waals surface area contributed by atoms with Gasteiger partial charge in [-0.05, 0) is 24.6 Å². The molecule has 0 bridgehead atoms. The van der Waals surface area contributed by atoms with E-state index in [1.54, 1.807) is 7.11 Å². The first-order valence-electron chi connectivity index (χ1n) is 9.08. The number of hydrogen-bond donors (Lipinski definition) is 1. The summed E-state index contributed by atoms with van der Waals surface area (Å²) in [5.74, 6) is 1.25. The van der Waals surface area contributed by atoms with Gasteiger partial charge in [-0.1, -0.05) is 72.3 Å². The Morgan fingerprint density at radius 3 is 2.26 bits per heavy atom. The van der Waals surface area contributed by atoms with E-state index in [1.807, 2.05) is 48.5 Å². The van der Waals surface area contributed by atoms with Gasteiger partial charge in [0.05, 0.1) is 12.1 Å². The predicted octanol–water partition coefficient (Wildman–Crippen LogP) is 4.75. The molecule has 4 heteroatoms. The number of ether oxygens (including phenoxy) is 2. The quantitative estimate of drug-likeness (QED) is 0.610. The number of quaternary nitrogens is 1. The molecule has 140 valence electrons. The maximum atomic E-state index is 6.49. The molecule has 3 aromatic carbocycles. The molecule has 3 rings (SSSR count). The largest absolute Gasteiger partial charge is 0.493 e. The van der Waals surface area contributed by atoms with Crippen LogP contribution in [0.4, 0.5) is 0 Å². The molecule has 0 aromatic heterocycles. The van der Waals surface area contributed by atoms with E-state index in [0.29, 0.717) is 29.2 Å². The minimum atomic E-state index is 0.366. The molecule has 1 atom stereocenters. The highest BCUT2D eigenvalue weighted by atomic mass is 35.5. The minimum absolute atomic E-state index is 0.366. The number of hydrogen-bond acceptors (Lipinski definition) is 2. The Balaban J connectivity index is 1.68. The Hall–Kier alpha value is -2.49. The molecule has 0 radical (unpaired) electrons. The summed E-state index contributed by atoms with van der Waals surface area (Å²) < 4.78 is 11.5. The van der Waals surface area contributed by atoms with E-state index in [4.69, 9.17) is 21.1 Å². The Labute approximate surface area is 165 Å². The van der Waals surface area contributed by atoms with Crippen LogP contribution in [-0.2, 0) is 13.2 Å². The van der Waals surface area contributed by atoms with Gasteiger partial charge in [0.2, 0.25) is 0 Å². The van der Waals surface area contributed by atoms with Crippen LogP contribution in [0.2, 0.25) is 5.02 Å². The zero-order chi connectivity index (χ0) is 19.1. The van der Waals surface area contributed by atoms with Crippen LogP contribution < -0.4 is 14.8 Å². The molecule has 0 aliphatic heterocycles. The number of methoxy groups -OCH3 is 1. The number of halogens is 1. The highest BCUT2D eigenvalue weighted by Gasteiger charge is 2.14. The second-order valence-electron chi connectivity index (χ2n) is 6.52. The van der Waals surface area contributed by atoms with E-state index >= 15 is 0 Å². The van der Waals surface area contributed by atoms with Gasteiger partial charge in [-0.15, -0.1) is 0 Å². The zero-order valence-corrected chi connectivity index (χ0v) is 16.4. The van der Waals surface area contributed by atoms with Gasteiger partial charge in [0, 0.05) is 11.1 Å². The number of rotatable bonds is 8. The predicted molar refractivity (Wildman–Crippen MR) is 109 cm³/mol. The highest BCUT2D eigenvalue weighted by Crippen LogP contribution is 2.36. The lowest BCUT2D eigenvalue weighted by Gasteiger charge is -2.15. The van der Waals surface area contributed by atoms with Crippen molar-refractivity contribution in [1.82, 2.24) is 0 Å². The van der Waals surface area contributed by atoms with Gasteiger partial charge in [0.25, 0.3) is 0 Å². The summed E-state index contributed by atoms with van der Waals surface area (Å²) in [5, 5.41) is 2.85. The molecule has 0 unspecified atom stereocenters. The minimum Gasteiger partial charge on any atom is -0.493 e. The molecular formula is C23H25ClNO2+. The summed E-state index contributed by atoms with van der Waals surface area (Å²) in [6.45, 7) is 3.46. The third-order valence-corrected chi connectivity index (χ3v) is 4.83. The summed E-state index contributed by atoms with van der Waals surface area (Å²) in [7, 11) is 1.64. The van der Waals surface area contributed by atoms with E-state index in [1.165, 1.54) is 5.56 Å². The van der Waals surface area contributed by atoms with Gasteiger partial charge in [-0.25, -0.2) is 0 Å². The standard InChI is InChI=1S/C23H24ClNO2/c1-17(20-11-7-4-8-12-20)25-15-19-13-21(24)23(22(14-19)26-2)27-16-18-9-5-3-6-10-18/h3-14,17,25H,15-16H2,1-2H3/p+1/t17-/m1/s1. The Kier molecular flexibility index (Phi) is 6.74. The third-order valence-electron chi connectivity index (χ3n) is 4.55. The van der Waals surface area contributed by atoms with Gasteiger partial charge in [-0.3, -0.25) is 0 Å². The Bertz CT molecular complexity index is 853. The molecule has 0 saturated heterocycles. The van der Waals surface area contributed by atoms with Gasteiger partial charge in [0.15, 0.2) is 11.5 Å². The van der Waals surface area contributed by atoms with Crippen LogP contribution in [0.5, 0.6) is 11.5 Å². The van der Waals surface area contributed by atoms with Crippen molar-refractivity contribution in [2.24, 2.45) is 0 Å². The fraction of sp³-hybridized carbons (Fsp3) is 0.217. The van der Waals surface area contributed by atoms with E-state index in [0.717, 1.165) is 17.7 Å². The van der Waals surface area contributed by atoms with Crippen LogP contribution in [0.3, 0.4) is 0 Å². The molecule has 2 N–H and O–H groups in total. The van der Waals surface area contributed by atoms with Crippen LogP contribution in [0, 0.1) is 0 Å². The summed E-state index contributed by atoms with van der Waals surface area (Å²) in [5.41, 5.74) is 3.50. The lowest BCUT2D eigenvalue weighted by atomic mass is 10.1. The van der Waals surface area contributed by atoms with Crippen LogP contribution >= 0.6 is 11.6 Å². The maximum absolute atomic E-state index is 6.49. The van der Waals surface area contributed by atoms with Crippen molar-refractivity contribution < 1.29 is 14.8 Å². The van der Waals surface area contributed by atoms with Crippen LogP contribution in [0.15, 0.2) is 72.8 Å². The van der Waals surface area contributed by atoms with Crippen molar-refractivity contribution in [3.8, 4) is 11.5 Å². The summed E-state index contributed by atoms with van der Waals surface area (Å²) in [6, 6.07) is 24.8. The fourth-order valence-corrected chi connectivity index (χ4v) is 3.25. The van der Waals surface area contributed by atoms with Crippen molar-refractivity contribution in [2.75, 3.05) is 7.11 Å². The van der Waals surface area contributed by atoms with Gasteiger partial charge in [0.1, 0.15) is 19.2 Å². The van der Waals surface area contributed by atoms with E-state index in [9.17, 15) is 0 Å². The molecule has 3 nitrogen and oxygen atoms in total. The van der Waals surface area contributed by atoms with Gasteiger partial charge in [-0.2, -0.15) is 0 Å². The SMILES string of the molecule is COc1cc(C[NH2+][C@H](C)c2ccccc2)cc(Cl)c1OCc1ccccc1. The van der Waals surface area contributed by atoms with Crippen molar-refractivity contribution in [3.05, 3.63) is 94.5 Å². The average molecular weight is 383 g/mol. The first kappa shape index (κ1) is 19.3. The molecular weight excluding hydrogens is 358 g/mol. The van der Waals surface area contributed by atoms with E-state index < -0.39 is 0 Å². The third kappa shape index (κ3) is 5.25. The lowest BCUT2D eigenvalue weighted by Crippen LogP contribution is -2.83. The van der Waals surface area contributed by atoms with Crippen LogP contribution in [-0.4, -0.2) is 7.11 Å². The van der Waals surface area contributed by atoms with Crippen molar-refractivity contribution >= 4 is 11.6 Å². The fourth-order valence-electron chi connectivity index (χ4n) is 2.97. The molecule has 27 heavy (non-hydrogen) atoms. The van der Waals surface area contributed by atoms with Gasteiger partial charge < -0.3 is 14.8 Å². The van der Waals surface area contributed by atoms with Crippen LogP contribution in [0.1, 0.15) is 29.7 Å². The van der Waals surface area contributed by atoms with Crippen molar-refractivity contribution in [2.45, 2.75) is 26.1 Å². The molecule has 3 aromatic rings. The molecule has 0 aliphatic carbocycles. The first-order valence-corrected chi connectivity index (χ1v) is 9.46. The second-order valence-corrected chi connectivity index (χ2v) is 6.93. The van der Waals surface area contributed by atoms with Crippen LogP contribution in [0.25, 0.3) is 0 Å². The number of benzene rings is 3. The lowest BCUT2D eigenvalue weighted by molar-refractivity contribution is -0.707. The Morgan fingerprint density at radius 1 is 0.926 bits per heavy atom. The molecule has 0 saturated carbocycles. The highest BCUT2D eigenvalue weighted by molar-refractivity contribution is 6.32. The first-order chi connectivity index (χ1) is 13.2. The maximum Gasteiger partial charge on any atom is 0.180 e. The monoisotopic (exact) mass is 382 g/mol. The van der Waals surface area contributed by atoms with E-state index in [-0.39, 0.29) is 0 Å². The van der Waals surface area contributed by atoms with Crippen molar-refractivity contribution in [1.29, 1.82) is 0 Å². The molecule has 0 aliphatic rings. The van der Waals surface area contributed by atoms with E-state index in [2.05, 4.69) is 36.5 Å². The summed E-state index contributed by atoms with van der Waals surface area (Å²) in [6.07, 6.45) is 0. The zero-order valence-electron chi connectivity index (χ0n) is 15.7. The molecule has 0 amide bonds. The average Bonchev–Trinajstić information content (AvgIpc) is 2.72. The smallest absolute Gasteiger partial charge is 0.180 e. The summed E-state index contributed by atoms with van der Waals surface area (Å²) in [4.78, 5) is 0. The summed E-state index contributed by atoms with van der Waals surface area (Å²) >= 11 is 6.49. The molecule has 0 heterocycles. The van der Waals surface area contributed by atoms with Gasteiger partial charge >= 0.3 is 0 Å². The molecule has 0 spiro atoms. The topological polar surface area (TPSA) is 35.1 Å².